The molecule has 3 heterocycles. The van der Waals surface area contributed by atoms with Gasteiger partial charge in [0.05, 0.1) is 16.7 Å². The maximum atomic E-state index is 13.0. The van der Waals surface area contributed by atoms with Crippen molar-refractivity contribution in [2.45, 2.75) is 37.7 Å². The van der Waals surface area contributed by atoms with Gasteiger partial charge in [0.1, 0.15) is 5.82 Å². The number of thioether (sulfide) groups is 1. The first-order chi connectivity index (χ1) is 13.1. The molecule has 3 aromatic heterocycles. The fourth-order valence-corrected chi connectivity index (χ4v) is 4.02. The van der Waals surface area contributed by atoms with Crippen molar-refractivity contribution < 1.29 is 0 Å². The zero-order chi connectivity index (χ0) is 19.0. The monoisotopic (exact) mass is 382 g/mol. The maximum Gasteiger partial charge on any atom is 0.262 e. The molecule has 0 N–H and O–H groups in total. The van der Waals surface area contributed by atoms with Gasteiger partial charge in [0.25, 0.3) is 5.56 Å². The van der Waals surface area contributed by atoms with Crippen LogP contribution in [-0.2, 0) is 19.3 Å². The number of imidazole rings is 1. The third-order valence-corrected chi connectivity index (χ3v) is 5.58. The molecule has 0 radical (unpaired) electrons. The lowest BCUT2D eigenvalue weighted by molar-refractivity contribution is 0.512. The molecule has 0 amide bonds. The Morgan fingerprint density at radius 1 is 1.19 bits per heavy atom. The van der Waals surface area contributed by atoms with E-state index in [4.69, 9.17) is 0 Å². The van der Waals surface area contributed by atoms with Crippen LogP contribution in [0, 0.1) is 5.92 Å². The van der Waals surface area contributed by atoms with Crippen molar-refractivity contribution in [2.24, 2.45) is 13.0 Å². The first-order valence-corrected chi connectivity index (χ1v) is 10.0. The van der Waals surface area contributed by atoms with Crippen LogP contribution in [0.3, 0.4) is 0 Å². The molecule has 4 rings (SSSR count). The van der Waals surface area contributed by atoms with Gasteiger partial charge < -0.3 is 4.57 Å². The normalized spacial score (nSPS) is 11.9. The quantitative estimate of drug-likeness (QED) is 0.479. The number of para-hydroxylation sites is 1. The van der Waals surface area contributed by atoms with Crippen molar-refractivity contribution in [1.82, 2.24) is 28.7 Å². The van der Waals surface area contributed by atoms with Crippen LogP contribution in [0.2, 0.25) is 0 Å². The lowest BCUT2D eigenvalue weighted by Crippen LogP contribution is -2.24. The number of aryl methyl sites for hydroxylation is 2. The molecule has 0 atom stereocenters. The van der Waals surface area contributed by atoms with Gasteiger partial charge in [0.15, 0.2) is 5.16 Å². The summed E-state index contributed by atoms with van der Waals surface area (Å²) >= 11 is 1.57. The van der Waals surface area contributed by atoms with Crippen LogP contribution < -0.4 is 5.56 Å². The molecule has 0 aliphatic carbocycles. The molecule has 7 nitrogen and oxygen atoms in total. The number of benzene rings is 1. The van der Waals surface area contributed by atoms with Gasteiger partial charge in [0, 0.05) is 26.0 Å². The predicted octanol–water partition coefficient (Wildman–Crippen LogP) is 3.12. The highest BCUT2D eigenvalue weighted by atomic mass is 32.2. The Labute approximate surface area is 161 Å². The van der Waals surface area contributed by atoms with Crippen molar-refractivity contribution in [3.8, 4) is 0 Å². The van der Waals surface area contributed by atoms with Crippen molar-refractivity contribution >= 4 is 28.4 Å². The summed E-state index contributed by atoms with van der Waals surface area (Å²) in [7, 11) is 1.98. The van der Waals surface area contributed by atoms with Gasteiger partial charge in [-0.1, -0.05) is 37.7 Å². The van der Waals surface area contributed by atoms with Crippen LogP contribution in [-0.4, -0.2) is 28.7 Å². The summed E-state index contributed by atoms with van der Waals surface area (Å²) in [5, 5.41) is 10.2. The van der Waals surface area contributed by atoms with Gasteiger partial charge in [-0.05, 0) is 24.5 Å². The zero-order valence-electron chi connectivity index (χ0n) is 15.7. The molecule has 27 heavy (non-hydrogen) atoms. The van der Waals surface area contributed by atoms with Crippen LogP contribution in [0.1, 0.15) is 26.1 Å². The SMILES string of the molecule is CC(C)CCn1c(=O)c2ccccc2n2c(SCc3nccn3C)nnc12. The second kappa shape index (κ2) is 7.19. The van der Waals surface area contributed by atoms with E-state index in [9.17, 15) is 4.79 Å². The van der Waals surface area contributed by atoms with Crippen LogP contribution in [0.4, 0.5) is 0 Å². The molecule has 0 aliphatic heterocycles. The van der Waals surface area contributed by atoms with Gasteiger partial charge in [-0.15, -0.1) is 10.2 Å². The van der Waals surface area contributed by atoms with Crippen molar-refractivity contribution in [3.05, 3.63) is 52.8 Å². The summed E-state index contributed by atoms with van der Waals surface area (Å²) in [5.74, 6) is 2.75. The Hall–Kier alpha value is -2.61. The molecule has 8 heteroatoms. The average Bonchev–Trinajstić information content (AvgIpc) is 3.26. The molecule has 0 saturated heterocycles. The summed E-state index contributed by atoms with van der Waals surface area (Å²) in [5.41, 5.74) is 0.831. The molecule has 0 aliphatic rings. The molecule has 0 spiro atoms. The van der Waals surface area contributed by atoms with E-state index >= 15 is 0 Å². The van der Waals surface area contributed by atoms with Crippen molar-refractivity contribution in [2.75, 3.05) is 0 Å². The maximum absolute atomic E-state index is 13.0. The first-order valence-electron chi connectivity index (χ1n) is 9.02. The van der Waals surface area contributed by atoms with E-state index in [0.29, 0.717) is 29.4 Å². The Bertz CT molecular complexity index is 1160. The Balaban J connectivity index is 1.84. The van der Waals surface area contributed by atoms with E-state index in [2.05, 4.69) is 29.0 Å². The van der Waals surface area contributed by atoms with Gasteiger partial charge in [0.2, 0.25) is 5.78 Å². The van der Waals surface area contributed by atoms with E-state index in [0.717, 1.165) is 22.9 Å². The van der Waals surface area contributed by atoms with E-state index in [-0.39, 0.29) is 5.56 Å². The highest BCUT2D eigenvalue weighted by Gasteiger charge is 2.17. The Morgan fingerprint density at radius 2 is 2.00 bits per heavy atom. The zero-order valence-corrected chi connectivity index (χ0v) is 16.5. The highest BCUT2D eigenvalue weighted by Crippen LogP contribution is 2.24. The molecular formula is C19H22N6OS. The van der Waals surface area contributed by atoms with Crippen LogP contribution >= 0.6 is 11.8 Å². The average molecular weight is 382 g/mol. The van der Waals surface area contributed by atoms with E-state index in [1.807, 2.05) is 46.5 Å². The smallest absolute Gasteiger partial charge is 0.262 e. The standard InChI is InChI=1S/C19H22N6OS/c1-13(2)8-10-24-17(26)14-6-4-5-7-15(14)25-18(24)21-22-19(25)27-12-16-20-9-11-23(16)3/h4-7,9,11,13H,8,10,12H2,1-3H3. The van der Waals surface area contributed by atoms with Crippen LogP contribution in [0.15, 0.2) is 46.6 Å². The van der Waals surface area contributed by atoms with Crippen molar-refractivity contribution in [3.63, 3.8) is 0 Å². The number of hydrogen-bond donors (Lipinski definition) is 0. The third-order valence-electron chi connectivity index (χ3n) is 4.66. The largest absolute Gasteiger partial charge is 0.337 e. The third kappa shape index (κ3) is 3.25. The summed E-state index contributed by atoms with van der Waals surface area (Å²) in [4.78, 5) is 17.4. The minimum atomic E-state index is -0.00759. The Kier molecular flexibility index (Phi) is 4.73. The number of nitrogens with zero attached hydrogens (tertiary/aromatic N) is 6. The fourth-order valence-electron chi connectivity index (χ4n) is 3.08. The summed E-state index contributed by atoms with van der Waals surface area (Å²) in [6.45, 7) is 4.94. The Morgan fingerprint density at radius 3 is 2.74 bits per heavy atom. The number of hydrogen-bond acceptors (Lipinski definition) is 5. The molecule has 0 unspecified atom stereocenters. The lowest BCUT2D eigenvalue weighted by atomic mass is 10.1. The second-order valence-corrected chi connectivity index (χ2v) is 7.96. The predicted molar refractivity (Wildman–Crippen MR) is 107 cm³/mol. The number of rotatable bonds is 6. The molecule has 4 aromatic rings. The highest BCUT2D eigenvalue weighted by molar-refractivity contribution is 7.98. The molecule has 1 aromatic carbocycles. The van der Waals surface area contributed by atoms with E-state index in [1.165, 1.54) is 0 Å². The van der Waals surface area contributed by atoms with E-state index < -0.39 is 0 Å². The van der Waals surface area contributed by atoms with Crippen molar-refractivity contribution in [1.29, 1.82) is 0 Å². The topological polar surface area (TPSA) is 70.0 Å². The summed E-state index contributed by atoms with van der Waals surface area (Å²) < 4.78 is 5.73. The number of fused-ring (bicyclic) bond motifs is 3. The van der Waals surface area contributed by atoms with Gasteiger partial charge >= 0.3 is 0 Å². The number of aromatic nitrogens is 6. The molecule has 0 bridgehead atoms. The molecule has 0 saturated carbocycles. The summed E-state index contributed by atoms with van der Waals surface area (Å²) in [6.07, 6.45) is 4.63. The molecule has 140 valence electrons. The minimum absolute atomic E-state index is 0.00759. The van der Waals surface area contributed by atoms with Gasteiger partial charge in [-0.25, -0.2) is 4.98 Å². The first kappa shape index (κ1) is 17.8. The van der Waals surface area contributed by atoms with Crippen LogP contribution in [0.5, 0.6) is 0 Å². The lowest BCUT2D eigenvalue weighted by Gasteiger charge is -2.12. The second-order valence-electron chi connectivity index (χ2n) is 7.02. The van der Waals surface area contributed by atoms with Gasteiger partial charge in [-0.2, -0.15) is 0 Å². The minimum Gasteiger partial charge on any atom is -0.337 e. The molecule has 0 fully saturated rings. The van der Waals surface area contributed by atoms with E-state index in [1.54, 1.807) is 22.5 Å². The summed E-state index contributed by atoms with van der Waals surface area (Å²) in [6, 6.07) is 7.65. The fraction of sp³-hybridized carbons (Fsp3) is 0.368. The van der Waals surface area contributed by atoms with Crippen LogP contribution in [0.25, 0.3) is 16.7 Å². The van der Waals surface area contributed by atoms with Gasteiger partial charge in [-0.3, -0.25) is 13.8 Å². The molecular weight excluding hydrogens is 360 g/mol.